The van der Waals surface area contributed by atoms with Gasteiger partial charge in [-0.1, -0.05) is 29.8 Å². The van der Waals surface area contributed by atoms with Gasteiger partial charge in [0.2, 0.25) is 12.7 Å². The van der Waals surface area contributed by atoms with Crippen LogP contribution < -0.4 is 14.8 Å². The van der Waals surface area contributed by atoms with Gasteiger partial charge in [0.05, 0.1) is 0 Å². The van der Waals surface area contributed by atoms with Gasteiger partial charge in [-0.15, -0.1) is 0 Å². The van der Waals surface area contributed by atoms with Gasteiger partial charge < -0.3 is 14.8 Å². The average molecular weight is 302 g/mol. The van der Waals surface area contributed by atoms with Crippen LogP contribution in [0.4, 0.5) is 5.69 Å². The fraction of sp³-hybridized carbons (Fsp3) is 0.188. The summed E-state index contributed by atoms with van der Waals surface area (Å²) in [6.07, 6.45) is 0.371. The lowest BCUT2D eigenvalue weighted by Gasteiger charge is -2.26. The van der Waals surface area contributed by atoms with Gasteiger partial charge in [-0.3, -0.25) is 4.79 Å². The highest BCUT2D eigenvalue weighted by molar-refractivity contribution is 6.31. The maximum atomic E-state index is 12.0. The highest BCUT2D eigenvalue weighted by Crippen LogP contribution is 2.45. The van der Waals surface area contributed by atoms with Crippen LogP contribution in [0.15, 0.2) is 36.4 Å². The van der Waals surface area contributed by atoms with Crippen molar-refractivity contribution >= 4 is 23.2 Å². The molecule has 2 aliphatic rings. The monoisotopic (exact) mass is 301 g/mol. The summed E-state index contributed by atoms with van der Waals surface area (Å²) in [7, 11) is 0. The third kappa shape index (κ3) is 2.03. The fourth-order valence-corrected chi connectivity index (χ4v) is 3.15. The molecule has 0 bridgehead atoms. The lowest BCUT2D eigenvalue weighted by molar-refractivity contribution is -0.116. The van der Waals surface area contributed by atoms with E-state index in [-0.39, 0.29) is 18.6 Å². The van der Waals surface area contributed by atoms with Gasteiger partial charge in [0, 0.05) is 29.1 Å². The zero-order chi connectivity index (χ0) is 14.4. The summed E-state index contributed by atoms with van der Waals surface area (Å²) in [6, 6.07) is 11.4. The van der Waals surface area contributed by atoms with E-state index in [4.69, 9.17) is 21.1 Å². The van der Waals surface area contributed by atoms with Crippen molar-refractivity contribution in [3.8, 4) is 11.5 Å². The summed E-state index contributed by atoms with van der Waals surface area (Å²) in [5.41, 5.74) is 2.72. The van der Waals surface area contributed by atoms with Gasteiger partial charge in [0.15, 0.2) is 11.5 Å². The number of benzene rings is 2. The third-order valence-corrected chi connectivity index (χ3v) is 4.21. The summed E-state index contributed by atoms with van der Waals surface area (Å²) in [5.74, 6) is 1.28. The Bertz CT molecular complexity index is 744. The van der Waals surface area contributed by atoms with Crippen molar-refractivity contribution in [1.29, 1.82) is 0 Å². The molecular formula is C16H12ClNO3. The first-order valence-corrected chi connectivity index (χ1v) is 7.08. The Hall–Kier alpha value is -2.20. The van der Waals surface area contributed by atoms with E-state index in [9.17, 15) is 4.79 Å². The Morgan fingerprint density at radius 3 is 2.67 bits per heavy atom. The summed E-state index contributed by atoms with van der Waals surface area (Å²) in [6.45, 7) is 0.211. The minimum atomic E-state index is -0.0723. The topological polar surface area (TPSA) is 47.6 Å². The van der Waals surface area contributed by atoms with E-state index >= 15 is 0 Å². The molecular weight excluding hydrogens is 290 g/mol. The molecule has 106 valence electrons. The number of anilines is 1. The molecule has 2 aromatic rings. The Morgan fingerprint density at radius 1 is 1.10 bits per heavy atom. The lowest BCUT2D eigenvalue weighted by Crippen LogP contribution is -2.23. The van der Waals surface area contributed by atoms with Crippen LogP contribution in [0, 0.1) is 0 Å². The van der Waals surface area contributed by atoms with Crippen LogP contribution in [0.25, 0.3) is 0 Å². The highest BCUT2D eigenvalue weighted by atomic mass is 35.5. The predicted molar refractivity (Wildman–Crippen MR) is 79.1 cm³/mol. The average Bonchev–Trinajstić information content (AvgIpc) is 2.92. The molecule has 21 heavy (non-hydrogen) atoms. The van der Waals surface area contributed by atoms with E-state index in [1.807, 2.05) is 36.4 Å². The van der Waals surface area contributed by atoms with Crippen molar-refractivity contribution in [2.24, 2.45) is 0 Å². The second-order valence-corrected chi connectivity index (χ2v) is 5.53. The molecule has 4 rings (SSSR count). The Labute approximate surface area is 126 Å². The molecule has 0 radical (unpaired) electrons. The highest BCUT2D eigenvalue weighted by Gasteiger charge is 2.30. The first kappa shape index (κ1) is 12.5. The van der Waals surface area contributed by atoms with Crippen molar-refractivity contribution in [2.45, 2.75) is 12.3 Å². The largest absolute Gasteiger partial charge is 0.454 e. The number of ether oxygens (including phenoxy) is 2. The van der Waals surface area contributed by atoms with Crippen molar-refractivity contribution in [3.05, 3.63) is 52.5 Å². The number of hydrogen-bond acceptors (Lipinski definition) is 3. The molecule has 0 saturated heterocycles. The first-order chi connectivity index (χ1) is 10.2. The van der Waals surface area contributed by atoms with Gasteiger partial charge in [0.1, 0.15) is 0 Å². The molecule has 1 amide bonds. The van der Waals surface area contributed by atoms with E-state index < -0.39 is 0 Å². The van der Waals surface area contributed by atoms with Crippen molar-refractivity contribution in [3.63, 3.8) is 0 Å². The molecule has 2 aromatic carbocycles. The number of fused-ring (bicyclic) bond motifs is 2. The van der Waals surface area contributed by atoms with Gasteiger partial charge in [-0.05, 0) is 23.3 Å². The molecule has 1 N–H and O–H groups in total. The number of carbonyl (C=O) groups excluding carboxylic acids is 1. The lowest BCUT2D eigenvalue weighted by atomic mass is 9.84. The van der Waals surface area contributed by atoms with E-state index in [2.05, 4.69) is 5.32 Å². The Balaban J connectivity index is 1.88. The molecule has 2 heterocycles. The van der Waals surface area contributed by atoms with E-state index in [0.29, 0.717) is 22.9 Å². The zero-order valence-electron chi connectivity index (χ0n) is 11.1. The minimum absolute atomic E-state index is 0.0220. The number of amides is 1. The van der Waals surface area contributed by atoms with E-state index in [1.54, 1.807) is 0 Å². The molecule has 0 aromatic heterocycles. The van der Waals surface area contributed by atoms with Crippen molar-refractivity contribution in [1.82, 2.24) is 0 Å². The second kappa shape index (κ2) is 4.67. The van der Waals surface area contributed by atoms with Gasteiger partial charge >= 0.3 is 0 Å². The summed E-state index contributed by atoms with van der Waals surface area (Å²) in [5, 5.41) is 3.56. The Kier molecular flexibility index (Phi) is 2.79. The number of rotatable bonds is 1. The third-order valence-electron chi connectivity index (χ3n) is 3.86. The number of carbonyl (C=O) groups is 1. The van der Waals surface area contributed by atoms with E-state index in [0.717, 1.165) is 16.8 Å². The molecule has 4 nitrogen and oxygen atoms in total. The molecule has 0 fully saturated rings. The van der Waals surface area contributed by atoms with E-state index in [1.165, 1.54) is 0 Å². The van der Waals surface area contributed by atoms with Gasteiger partial charge in [-0.25, -0.2) is 0 Å². The zero-order valence-corrected chi connectivity index (χ0v) is 11.8. The SMILES string of the molecule is O=C1C[C@H](c2ccccc2Cl)c2cc3c(cc2N1)OCO3. The predicted octanol–water partition coefficient (Wildman–Crippen LogP) is 3.54. The normalized spacial score (nSPS) is 19.1. The maximum Gasteiger partial charge on any atom is 0.231 e. The van der Waals surface area contributed by atoms with Crippen LogP contribution in [0.2, 0.25) is 5.02 Å². The quantitative estimate of drug-likeness (QED) is 0.876. The summed E-state index contributed by atoms with van der Waals surface area (Å²) in [4.78, 5) is 12.0. The molecule has 0 aliphatic carbocycles. The van der Waals surface area contributed by atoms with Crippen molar-refractivity contribution < 1.29 is 14.3 Å². The Morgan fingerprint density at radius 2 is 1.86 bits per heavy atom. The smallest absolute Gasteiger partial charge is 0.231 e. The van der Waals surface area contributed by atoms with Crippen LogP contribution >= 0.6 is 11.6 Å². The summed E-state index contributed by atoms with van der Waals surface area (Å²) >= 11 is 6.30. The van der Waals surface area contributed by atoms with Crippen LogP contribution in [0.3, 0.4) is 0 Å². The van der Waals surface area contributed by atoms with Crippen LogP contribution in [0.5, 0.6) is 11.5 Å². The van der Waals surface area contributed by atoms with Crippen LogP contribution in [-0.2, 0) is 4.79 Å². The minimum Gasteiger partial charge on any atom is -0.454 e. The molecule has 2 aliphatic heterocycles. The molecule has 0 spiro atoms. The summed E-state index contributed by atoms with van der Waals surface area (Å²) < 4.78 is 10.8. The number of nitrogens with one attached hydrogen (secondary N) is 1. The second-order valence-electron chi connectivity index (χ2n) is 5.12. The standard InChI is InChI=1S/C16H12ClNO3/c17-12-4-2-1-3-9(12)10-6-16(19)18-13-7-15-14(5-11(10)13)20-8-21-15/h1-5,7,10H,6,8H2,(H,18,19)/t10-/m1/s1. The van der Waals surface area contributed by atoms with Crippen molar-refractivity contribution in [2.75, 3.05) is 12.1 Å². The molecule has 0 saturated carbocycles. The molecule has 0 unspecified atom stereocenters. The van der Waals surface area contributed by atoms with Crippen LogP contribution in [-0.4, -0.2) is 12.7 Å². The van der Waals surface area contributed by atoms with Crippen LogP contribution in [0.1, 0.15) is 23.5 Å². The van der Waals surface area contributed by atoms with Gasteiger partial charge in [-0.2, -0.15) is 0 Å². The molecule has 1 atom stereocenters. The van der Waals surface area contributed by atoms with Gasteiger partial charge in [0.25, 0.3) is 0 Å². The fourth-order valence-electron chi connectivity index (χ4n) is 2.89. The maximum absolute atomic E-state index is 12.0. The first-order valence-electron chi connectivity index (χ1n) is 6.70. The number of hydrogen-bond donors (Lipinski definition) is 1. The number of halogens is 1. The molecule has 5 heteroatoms.